The van der Waals surface area contributed by atoms with Crippen molar-refractivity contribution < 1.29 is 8.42 Å². The first-order chi connectivity index (χ1) is 6.44. The molecule has 0 aromatic carbocycles. The number of nitrogens with one attached hydrogen (secondary N) is 1. The standard InChI is InChI=1S/C10H21NO2S/c1-8-7-9(8)10(11-2)5-4-6-14(3,12)13/h8-11H,4-7H2,1-3H3. The number of rotatable bonds is 6. The molecular formula is C10H21NO2S. The summed E-state index contributed by atoms with van der Waals surface area (Å²) in [6, 6.07) is 0.520. The molecule has 14 heavy (non-hydrogen) atoms. The van der Waals surface area contributed by atoms with Crippen LogP contribution in [0.3, 0.4) is 0 Å². The van der Waals surface area contributed by atoms with Gasteiger partial charge in [-0.05, 0) is 38.1 Å². The maximum atomic E-state index is 10.9. The van der Waals surface area contributed by atoms with E-state index >= 15 is 0 Å². The van der Waals surface area contributed by atoms with E-state index < -0.39 is 9.84 Å². The minimum Gasteiger partial charge on any atom is -0.317 e. The van der Waals surface area contributed by atoms with Gasteiger partial charge in [-0.3, -0.25) is 0 Å². The van der Waals surface area contributed by atoms with Gasteiger partial charge in [0.25, 0.3) is 0 Å². The first-order valence-corrected chi connectivity index (χ1v) is 7.35. The predicted molar refractivity (Wildman–Crippen MR) is 59.1 cm³/mol. The van der Waals surface area contributed by atoms with E-state index in [0.717, 1.165) is 24.7 Å². The number of hydrogen-bond donors (Lipinski definition) is 1. The molecule has 0 radical (unpaired) electrons. The first-order valence-electron chi connectivity index (χ1n) is 5.29. The summed E-state index contributed by atoms with van der Waals surface area (Å²) < 4.78 is 21.9. The highest BCUT2D eigenvalue weighted by atomic mass is 32.2. The van der Waals surface area contributed by atoms with Crippen LogP contribution in [-0.4, -0.2) is 33.5 Å². The first kappa shape index (κ1) is 12.0. The molecule has 0 spiro atoms. The van der Waals surface area contributed by atoms with E-state index in [-0.39, 0.29) is 0 Å². The van der Waals surface area contributed by atoms with Crippen LogP contribution in [0.1, 0.15) is 26.2 Å². The maximum absolute atomic E-state index is 10.9. The van der Waals surface area contributed by atoms with Crippen molar-refractivity contribution in [2.24, 2.45) is 11.8 Å². The summed E-state index contributed by atoms with van der Waals surface area (Å²) in [6.45, 7) is 2.26. The third kappa shape index (κ3) is 3.96. The topological polar surface area (TPSA) is 46.2 Å². The molecule has 1 saturated carbocycles. The Morgan fingerprint density at radius 2 is 2.07 bits per heavy atom. The molecule has 0 aromatic heterocycles. The summed E-state index contributed by atoms with van der Waals surface area (Å²) in [4.78, 5) is 0. The van der Waals surface area contributed by atoms with Crippen LogP contribution in [0.5, 0.6) is 0 Å². The zero-order chi connectivity index (χ0) is 10.8. The summed E-state index contributed by atoms with van der Waals surface area (Å²) >= 11 is 0. The van der Waals surface area contributed by atoms with Crippen LogP contribution in [0.25, 0.3) is 0 Å². The molecule has 84 valence electrons. The molecule has 0 aromatic rings. The lowest BCUT2D eigenvalue weighted by atomic mass is 10.1. The normalized spacial score (nSPS) is 28.8. The van der Waals surface area contributed by atoms with Gasteiger partial charge in [-0.2, -0.15) is 0 Å². The molecule has 0 aliphatic heterocycles. The zero-order valence-corrected chi connectivity index (χ0v) is 10.1. The van der Waals surface area contributed by atoms with Crippen LogP contribution in [0.15, 0.2) is 0 Å². The van der Waals surface area contributed by atoms with Crippen molar-refractivity contribution in [1.29, 1.82) is 0 Å². The lowest BCUT2D eigenvalue weighted by molar-refractivity contribution is 0.447. The third-order valence-electron chi connectivity index (χ3n) is 3.09. The average Bonchev–Trinajstić information content (AvgIpc) is 2.74. The second-order valence-electron chi connectivity index (χ2n) is 4.54. The van der Waals surface area contributed by atoms with Crippen LogP contribution in [0.2, 0.25) is 0 Å². The minimum absolute atomic E-state index is 0.326. The van der Waals surface area contributed by atoms with E-state index in [9.17, 15) is 8.42 Å². The summed E-state index contributed by atoms with van der Waals surface area (Å²) in [5.74, 6) is 1.93. The Morgan fingerprint density at radius 3 is 2.43 bits per heavy atom. The third-order valence-corrected chi connectivity index (χ3v) is 4.12. The SMILES string of the molecule is CNC(CCCS(C)(=O)=O)C1CC1C. The van der Waals surface area contributed by atoms with Gasteiger partial charge in [-0.1, -0.05) is 6.92 Å². The molecule has 3 atom stereocenters. The summed E-state index contributed by atoms with van der Waals surface area (Å²) in [5, 5.41) is 3.29. The summed E-state index contributed by atoms with van der Waals surface area (Å²) in [6.07, 6.45) is 4.37. The Hall–Kier alpha value is -0.0900. The highest BCUT2D eigenvalue weighted by molar-refractivity contribution is 7.90. The molecule has 0 bridgehead atoms. The van der Waals surface area contributed by atoms with Gasteiger partial charge in [0.1, 0.15) is 9.84 Å². The van der Waals surface area contributed by atoms with Crippen LogP contribution < -0.4 is 5.32 Å². The molecule has 1 aliphatic carbocycles. The fraction of sp³-hybridized carbons (Fsp3) is 1.00. The molecule has 1 fully saturated rings. The molecule has 1 rings (SSSR count). The number of sulfone groups is 1. The zero-order valence-electron chi connectivity index (χ0n) is 9.29. The Balaban J connectivity index is 2.22. The largest absolute Gasteiger partial charge is 0.317 e. The van der Waals surface area contributed by atoms with E-state index in [0.29, 0.717) is 11.8 Å². The van der Waals surface area contributed by atoms with Crippen molar-refractivity contribution in [3.05, 3.63) is 0 Å². The van der Waals surface area contributed by atoms with E-state index in [1.54, 1.807) is 0 Å². The van der Waals surface area contributed by atoms with Gasteiger partial charge >= 0.3 is 0 Å². The smallest absolute Gasteiger partial charge is 0.147 e. The van der Waals surface area contributed by atoms with Crippen LogP contribution in [0, 0.1) is 11.8 Å². The predicted octanol–water partition coefficient (Wildman–Crippen LogP) is 1.06. The Bertz CT molecular complexity index is 274. The van der Waals surface area contributed by atoms with Gasteiger partial charge < -0.3 is 5.32 Å². The molecular weight excluding hydrogens is 198 g/mol. The van der Waals surface area contributed by atoms with Crippen molar-refractivity contribution >= 4 is 9.84 Å². The monoisotopic (exact) mass is 219 g/mol. The molecule has 4 heteroatoms. The van der Waals surface area contributed by atoms with Gasteiger partial charge in [0.15, 0.2) is 0 Å². The fourth-order valence-electron chi connectivity index (χ4n) is 2.05. The van der Waals surface area contributed by atoms with Crippen molar-refractivity contribution in [3.63, 3.8) is 0 Å². The molecule has 0 amide bonds. The van der Waals surface area contributed by atoms with Gasteiger partial charge in [-0.25, -0.2) is 8.42 Å². The van der Waals surface area contributed by atoms with Crippen molar-refractivity contribution in [2.75, 3.05) is 19.1 Å². The Morgan fingerprint density at radius 1 is 1.50 bits per heavy atom. The Labute approximate surface area is 87.2 Å². The second-order valence-corrected chi connectivity index (χ2v) is 6.80. The van der Waals surface area contributed by atoms with E-state index in [2.05, 4.69) is 12.2 Å². The molecule has 0 heterocycles. The highest BCUT2D eigenvalue weighted by Crippen LogP contribution is 2.41. The average molecular weight is 219 g/mol. The lowest BCUT2D eigenvalue weighted by Gasteiger charge is -2.15. The summed E-state index contributed by atoms with van der Waals surface area (Å²) in [5.41, 5.74) is 0. The minimum atomic E-state index is -2.77. The quantitative estimate of drug-likeness (QED) is 0.726. The van der Waals surface area contributed by atoms with Crippen molar-refractivity contribution in [1.82, 2.24) is 5.32 Å². The highest BCUT2D eigenvalue weighted by Gasteiger charge is 2.38. The molecule has 1 N–H and O–H groups in total. The second kappa shape index (κ2) is 4.62. The van der Waals surface area contributed by atoms with Gasteiger partial charge in [0.05, 0.1) is 0 Å². The summed E-state index contributed by atoms with van der Waals surface area (Å²) in [7, 11) is -0.806. The Kier molecular flexibility index (Phi) is 3.95. The maximum Gasteiger partial charge on any atom is 0.147 e. The number of hydrogen-bond acceptors (Lipinski definition) is 3. The van der Waals surface area contributed by atoms with Gasteiger partial charge in [0, 0.05) is 18.1 Å². The van der Waals surface area contributed by atoms with Crippen LogP contribution in [-0.2, 0) is 9.84 Å². The fourth-order valence-corrected chi connectivity index (χ4v) is 2.74. The van der Waals surface area contributed by atoms with Gasteiger partial charge in [0.2, 0.25) is 0 Å². The van der Waals surface area contributed by atoms with Gasteiger partial charge in [-0.15, -0.1) is 0 Å². The van der Waals surface area contributed by atoms with Crippen LogP contribution >= 0.6 is 0 Å². The molecule has 3 unspecified atom stereocenters. The molecule has 1 aliphatic rings. The van der Waals surface area contributed by atoms with E-state index in [4.69, 9.17) is 0 Å². The van der Waals surface area contributed by atoms with E-state index in [1.807, 2.05) is 7.05 Å². The van der Waals surface area contributed by atoms with Crippen molar-refractivity contribution in [3.8, 4) is 0 Å². The molecule has 3 nitrogen and oxygen atoms in total. The lowest BCUT2D eigenvalue weighted by Crippen LogP contribution is -2.28. The van der Waals surface area contributed by atoms with E-state index in [1.165, 1.54) is 12.7 Å². The molecule has 0 saturated heterocycles. The van der Waals surface area contributed by atoms with Crippen LogP contribution in [0.4, 0.5) is 0 Å². The van der Waals surface area contributed by atoms with Crippen molar-refractivity contribution in [2.45, 2.75) is 32.2 Å².